The normalized spacial score (nSPS) is 23.0. The number of piperidine rings is 1. The van der Waals surface area contributed by atoms with Crippen LogP contribution in [0.1, 0.15) is 33.0 Å². The van der Waals surface area contributed by atoms with Crippen LogP contribution < -0.4 is 4.90 Å². The second-order valence-electron chi connectivity index (χ2n) is 12.1. The van der Waals surface area contributed by atoms with Crippen molar-refractivity contribution in [1.82, 2.24) is 14.7 Å². The van der Waals surface area contributed by atoms with Crippen molar-refractivity contribution < 1.29 is 13.9 Å². The van der Waals surface area contributed by atoms with Crippen molar-refractivity contribution in [3.8, 4) is 5.69 Å². The van der Waals surface area contributed by atoms with E-state index in [1.165, 1.54) is 28.8 Å². The molecule has 3 aliphatic rings. The summed E-state index contributed by atoms with van der Waals surface area (Å²) in [7, 11) is 0. The number of rotatable bonds is 5. The van der Waals surface area contributed by atoms with E-state index in [0.717, 1.165) is 47.5 Å². The van der Waals surface area contributed by atoms with Crippen molar-refractivity contribution in [2.75, 3.05) is 44.3 Å². The van der Waals surface area contributed by atoms with Gasteiger partial charge < -0.3 is 14.5 Å². The third kappa shape index (κ3) is 4.25. The largest absolute Gasteiger partial charge is 0.378 e. The highest BCUT2D eigenvalue weighted by Crippen LogP contribution is 2.70. The smallest absolute Gasteiger partial charge is 0.253 e. The number of morpholine rings is 1. The highest BCUT2D eigenvalue weighted by atomic mass is 19.1. The number of halogens is 1. The van der Waals surface area contributed by atoms with Crippen LogP contribution in [0, 0.1) is 18.7 Å². The third-order valence-corrected chi connectivity index (χ3v) is 9.78. The van der Waals surface area contributed by atoms with Crippen molar-refractivity contribution in [1.29, 1.82) is 0 Å². The number of ether oxygens (including phenoxy) is 1. The first kappa shape index (κ1) is 26.2. The zero-order chi connectivity index (χ0) is 29.1. The molecule has 0 radical (unpaired) electrons. The van der Waals surface area contributed by atoms with Gasteiger partial charge in [-0.1, -0.05) is 36.4 Å². The zero-order valence-corrected chi connectivity index (χ0v) is 24.1. The predicted molar refractivity (Wildman–Crippen MR) is 165 cm³/mol. The Labute approximate surface area is 250 Å². The molecule has 43 heavy (non-hydrogen) atoms. The molecule has 1 aromatic heterocycles. The lowest BCUT2D eigenvalue weighted by Gasteiger charge is -2.29. The summed E-state index contributed by atoms with van der Waals surface area (Å²) in [6, 6.07) is 29.7. The molecule has 5 aromatic rings. The first-order chi connectivity index (χ1) is 21.0. The summed E-state index contributed by atoms with van der Waals surface area (Å²) in [6.07, 6.45) is 1.89. The maximum absolute atomic E-state index is 14.0. The van der Waals surface area contributed by atoms with E-state index in [1.54, 1.807) is 12.1 Å². The lowest BCUT2D eigenvalue weighted by molar-refractivity contribution is 0.0769. The molecule has 216 valence electrons. The third-order valence-electron chi connectivity index (χ3n) is 9.78. The van der Waals surface area contributed by atoms with Gasteiger partial charge in [-0.15, -0.1) is 0 Å². The molecule has 0 N–H and O–H groups in total. The number of carbonyl (C=O) groups is 1. The first-order valence-electron chi connectivity index (χ1n) is 15.0. The van der Waals surface area contributed by atoms with Crippen LogP contribution in [0.5, 0.6) is 0 Å². The number of amides is 1. The van der Waals surface area contributed by atoms with Crippen LogP contribution in [0.4, 0.5) is 10.1 Å². The number of hydrogen-bond donors (Lipinski definition) is 0. The van der Waals surface area contributed by atoms with Gasteiger partial charge in [-0.2, -0.15) is 5.10 Å². The maximum Gasteiger partial charge on any atom is 0.253 e. The molecular formula is C36H33FN4O2. The lowest BCUT2D eigenvalue weighted by Crippen LogP contribution is -2.37. The van der Waals surface area contributed by atoms with E-state index in [0.29, 0.717) is 31.6 Å². The number of fused-ring (bicyclic) bond motifs is 2. The fourth-order valence-electron chi connectivity index (χ4n) is 7.73. The summed E-state index contributed by atoms with van der Waals surface area (Å²) in [5, 5.41) is 5.71. The molecule has 3 fully saturated rings. The van der Waals surface area contributed by atoms with Crippen molar-refractivity contribution in [2.24, 2.45) is 5.92 Å². The van der Waals surface area contributed by atoms with Crippen LogP contribution in [0.3, 0.4) is 0 Å². The molecule has 2 aliphatic heterocycles. The minimum Gasteiger partial charge on any atom is -0.378 e. The topological polar surface area (TPSA) is 50.6 Å². The summed E-state index contributed by atoms with van der Waals surface area (Å²) >= 11 is 0. The number of hydrogen-bond acceptors (Lipinski definition) is 4. The lowest BCUT2D eigenvalue weighted by atomic mass is 9.86. The standard InChI is InChI=1S/C36H33FN4O2/c1-24-18-33-27(21-38-41(33)29-12-10-28(37)11-13-29)20-31(24)36-23-40(22-32(36)34(36)25-6-3-2-4-7-25)35(42)26-8-5-9-30(19-26)39-14-16-43-17-15-39/h2-13,18-21,32,34H,14-17,22-23H2,1H3/t32-,34-,36+/m1/s1. The number of carbonyl (C=O) groups excluding carboxylic acids is 1. The average molecular weight is 573 g/mol. The number of nitrogens with zero attached hydrogens (tertiary/aromatic N) is 4. The van der Waals surface area contributed by atoms with Gasteiger partial charge in [-0.3, -0.25) is 4.79 Å². The molecule has 8 rings (SSSR count). The molecule has 4 aromatic carbocycles. The Kier molecular flexibility index (Phi) is 6.12. The van der Waals surface area contributed by atoms with Crippen molar-refractivity contribution >= 4 is 22.5 Å². The van der Waals surface area contributed by atoms with E-state index in [9.17, 15) is 9.18 Å². The summed E-state index contributed by atoms with van der Waals surface area (Å²) in [5.74, 6) is 0.513. The number of benzene rings is 4. The van der Waals surface area contributed by atoms with E-state index in [-0.39, 0.29) is 17.1 Å². The van der Waals surface area contributed by atoms with Gasteiger partial charge >= 0.3 is 0 Å². The van der Waals surface area contributed by atoms with E-state index >= 15 is 0 Å². The fourth-order valence-corrected chi connectivity index (χ4v) is 7.73. The van der Waals surface area contributed by atoms with E-state index in [4.69, 9.17) is 4.74 Å². The van der Waals surface area contributed by atoms with E-state index in [2.05, 4.69) is 70.4 Å². The van der Waals surface area contributed by atoms with Gasteiger partial charge in [0, 0.05) is 54.1 Å². The first-order valence-corrected chi connectivity index (χ1v) is 15.0. The molecular weight excluding hydrogens is 539 g/mol. The molecule has 1 amide bonds. The molecule has 1 aliphatic carbocycles. The minimum absolute atomic E-state index is 0.0938. The van der Waals surface area contributed by atoms with Gasteiger partial charge in [0.25, 0.3) is 5.91 Å². The van der Waals surface area contributed by atoms with E-state index in [1.807, 2.05) is 29.1 Å². The van der Waals surface area contributed by atoms with E-state index < -0.39 is 0 Å². The predicted octanol–water partition coefficient (Wildman–Crippen LogP) is 6.12. The van der Waals surface area contributed by atoms with Gasteiger partial charge in [0.2, 0.25) is 0 Å². The Morgan fingerprint density at radius 2 is 1.72 bits per heavy atom. The highest BCUT2D eigenvalue weighted by molar-refractivity contribution is 5.96. The maximum atomic E-state index is 14.0. The summed E-state index contributed by atoms with van der Waals surface area (Å²) < 4.78 is 21.0. The average Bonchev–Trinajstić information content (AvgIpc) is 3.29. The zero-order valence-electron chi connectivity index (χ0n) is 24.1. The number of aryl methyl sites for hydroxylation is 1. The van der Waals surface area contributed by atoms with Crippen LogP contribution >= 0.6 is 0 Å². The number of anilines is 1. The molecule has 7 heteroatoms. The van der Waals surface area contributed by atoms with Crippen LogP contribution in [0.2, 0.25) is 0 Å². The Hall–Kier alpha value is -4.49. The Balaban J connectivity index is 1.15. The highest BCUT2D eigenvalue weighted by Gasteiger charge is 2.70. The van der Waals surface area contributed by atoms with Crippen LogP contribution in [-0.2, 0) is 10.2 Å². The number of aromatic nitrogens is 2. The van der Waals surface area contributed by atoms with Crippen molar-refractivity contribution in [2.45, 2.75) is 18.3 Å². The summed E-state index contributed by atoms with van der Waals surface area (Å²) in [6.45, 7) is 6.67. The summed E-state index contributed by atoms with van der Waals surface area (Å²) in [5.41, 5.74) is 7.27. The van der Waals surface area contributed by atoms with Crippen LogP contribution in [0.25, 0.3) is 16.6 Å². The molecule has 2 saturated heterocycles. The van der Waals surface area contributed by atoms with Gasteiger partial charge in [0.15, 0.2) is 0 Å². The SMILES string of the molecule is Cc1cc2c(cnn2-c2ccc(F)cc2)cc1[C@@]12CN(C(=O)c3cccc(N4CCOCC4)c3)C[C@@H]1[C@H]2c1ccccc1. The molecule has 6 nitrogen and oxygen atoms in total. The quantitative estimate of drug-likeness (QED) is 0.255. The molecule has 1 saturated carbocycles. The summed E-state index contributed by atoms with van der Waals surface area (Å²) in [4.78, 5) is 18.3. The monoisotopic (exact) mass is 572 g/mol. The van der Waals surface area contributed by atoms with Gasteiger partial charge in [-0.25, -0.2) is 9.07 Å². The molecule has 0 spiro atoms. The second-order valence-corrected chi connectivity index (χ2v) is 12.1. The van der Waals surface area contributed by atoms with Gasteiger partial charge in [0.1, 0.15) is 5.82 Å². The second kappa shape index (κ2) is 10.1. The molecule has 3 heterocycles. The fraction of sp³-hybridized carbons (Fsp3) is 0.278. The molecule has 0 unspecified atom stereocenters. The molecule has 0 bridgehead atoms. The Morgan fingerprint density at radius 3 is 2.51 bits per heavy atom. The van der Waals surface area contributed by atoms with Crippen LogP contribution in [0.15, 0.2) is 97.2 Å². The Bertz CT molecular complexity index is 1830. The van der Waals surface area contributed by atoms with Crippen molar-refractivity contribution in [3.63, 3.8) is 0 Å². The van der Waals surface area contributed by atoms with Gasteiger partial charge in [0.05, 0.1) is 30.6 Å². The van der Waals surface area contributed by atoms with Crippen LogP contribution in [-0.4, -0.2) is 60.0 Å². The van der Waals surface area contributed by atoms with Gasteiger partial charge in [-0.05, 0) is 84.1 Å². The van der Waals surface area contributed by atoms with Crippen molar-refractivity contribution in [3.05, 3.63) is 125 Å². The Morgan fingerprint density at radius 1 is 0.930 bits per heavy atom. The molecule has 3 atom stereocenters. The number of likely N-dealkylation sites (tertiary alicyclic amines) is 1. The minimum atomic E-state index is -0.266.